The van der Waals surface area contributed by atoms with Gasteiger partial charge in [0.2, 0.25) is 0 Å². The second-order valence-corrected chi connectivity index (χ2v) is 11.1. The van der Waals surface area contributed by atoms with E-state index in [0.717, 1.165) is 60.2 Å². The van der Waals surface area contributed by atoms with Gasteiger partial charge in [0.25, 0.3) is 0 Å². The molecule has 0 aliphatic heterocycles. The first-order valence-electron chi connectivity index (χ1n) is 14.9. The summed E-state index contributed by atoms with van der Waals surface area (Å²) in [6.07, 6.45) is 3.64. The van der Waals surface area contributed by atoms with Crippen molar-refractivity contribution in [1.82, 2.24) is 19.9 Å². The zero-order valence-corrected chi connectivity index (χ0v) is 24.1. The van der Waals surface area contributed by atoms with Crippen molar-refractivity contribution in [2.24, 2.45) is 0 Å². The van der Waals surface area contributed by atoms with E-state index in [-0.39, 0.29) is 0 Å². The van der Waals surface area contributed by atoms with Gasteiger partial charge in [-0.15, -0.1) is 0 Å². The number of pyridine rings is 1. The van der Waals surface area contributed by atoms with Crippen LogP contribution in [0.1, 0.15) is 0 Å². The Hall–Kier alpha value is -6.20. The maximum absolute atomic E-state index is 6.61. The first kappa shape index (κ1) is 25.3. The normalized spacial score (nSPS) is 11.6. The molecule has 0 atom stereocenters. The third kappa shape index (κ3) is 4.33. The minimum atomic E-state index is 0.512. The summed E-state index contributed by atoms with van der Waals surface area (Å²) in [6.45, 7) is 0. The standard InChI is InChI=1S/C40H24N4O/c1-3-9-25(10-4-1)29-17-15-26-16-18-30(22-31(26)21-29)39-42-38(28-12-5-2-6-13-28)43-40(44-39)35-24-41-23-34-33-20-19-27-11-7-8-14-32(27)36(33)45-37(34)35/h1-24H. The van der Waals surface area contributed by atoms with Crippen LogP contribution in [0.15, 0.2) is 150 Å². The molecule has 9 aromatic rings. The smallest absolute Gasteiger partial charge is 0.169 e. The number of fused-ring (bicyclic) bond motifs is 6. The second-order valence-electron chi connectivity index (χ2n) is 11.1. The predicted molar refractivity (Wildman–Crippen MR) is 182 cm³/mol. The van der Waals surface area contributed by atoms with Crippen LogP contribution in [-0.4, -0.2) is 19.9 Å². The number of benzene rings is 6. The molecule has 45 heavy (non-hydrogen) atoms. The first-order valence-corrected chi connectivity index (χ1v) is 14.9. The highest BCUT2D eigenvalue weighted by Crippen LogP contribution is 2.38. The molecule has 0 bridgehead atoms. The summed E-state index contributed by atoms with van der Waals surface area (Å²) >= 11 is 0. The van der Waals surface area contributed by atoms with E-state index < -0.39 is 0 Å². The number of furan rings is 1. The Labute approximate surface area is 258 Å². The molecule has 0 fully saturated rings. The lowest BCUT2D eigenvalue weighted by molar-refractivity contribution is 0.672. The van der Waals surface area contributed by atoms with Crippen molar-refractivity contribution in [2.45, 2.75) is 0 Å². The van der Waals surface area contributed by atoms with E-state index in [1.54, 1.807) is 6.20 Å². The molecule has 5 nitrogen and oxygen atoms in total. The fourth-order valence-electron chi connectivity index (χ4n) is 6.11. The SMILES string of the molecule is c1ccc(-c2ccc3ccc(-c4nc(-c5ccccc5)nc(-c5cncc6c5oc5c7ccccc7ccc65)n4)cc3c2)cc1. The summed E-state index contributed by atoms with van der Waals surface area (Å²) in [4.78, 5) is 19.6. The molecule has 3 heterocycles. The van der Waals surface area contributed by atoms with Crippen LogP contribution >= 0.6 is 0 Å². The van der Waals surface area contributed by atoms with Crippen molar-refractivity contribution < 1.29 is 4.42 Å². The van der Waals surface area contributed by atoms with E-state index in [4.69, 9.17) is 19.4 Å². The highest BCUT2D eigenvalue weighted by molar-refractivity contribution is 6.16. The van der Waals surface area contributed by atoms with Crippen molar-refractivity contribution in [2.75, 3.05) is 0 Å². The second kappa shape index (κ2) is 10.2. The van der Waals surface area contributed by atoms with Crippen LogP contribution in [0, 0.1) is 0 Å². The third-order valence-corrected chi connectivity index (χ3v) is 8.38. The Balaban J connectivity index is 1.26. The quantitative estimate of drug-likeness (QED) is 0.209. The van der Waals surface area contributed by atoms with Gasteiger partial charge in [0.05, 0.1) is 5.56 Å². The molecule has 0 spiro atoms. The van der Waals surface area contributed by atoms with E-state index in [9.17, 15) is 0 Å². The molecule has 0 radical (unpaired) electrons. The van der Waals surface area contributed by atoms with Gasteiger partial charge in [-0.1, -0.05) is 115 Å². The maximum Gasteiger partial charge on any atom is 0.169 e. The van der Waals surface area contributed by atoms with E-state index in [2.05, 4.69) is 89.9 Å². The number of aromatic nitrogens is 4. The van der Waals surface area contributed by atoms with Crippen LogP contribution in [-0.2, 0) is 0 Å². The van der Waals surface area contributed by atoms with E-state index in [1.807, 2.05) is 54.7 Å². The number of hydrogen-bond acceptors (Lipinski definition) is 5. The van der Waals surface area contributed by atoms with Gasteiger partial charge in [-0.25, -0.2) is 15.0 Å². The summed E-state index contributed by atoms with van der Waals surface area (Å²) in [6, 6.07) is 45.8. The molecule has 0 N–H and O–H groups in total. The molecule has 5 heteroatoms. The molecule has 0 saturated carbocycles. The molecule has 3 aromatic heterocycles. The van der Waals surface area contributed by atoms with Gasteiger partial charge in [-0.05, 0) is 45.5 Å². The van der Waals surface area contributed by atoms with Crippen LogP contribution in [0.2, 0.25) is 0 Å². The molecular formula is C40H24N4O. The highest BCUT2D eigenvalue weighted by Gasteiger charge is 2.19. The van der Waals surface area contributed by atoms with Gasteiger partial charge < -0.3 is 4.42 Å². The van der Waals surface area contributed by atoms with Crippen LogP contribution in [0.3, 0.4) is 0 Å². The average Bonchev–Trinajstić information content (AvgIpc) is 3.51. The lowest BCUT2D eigenvalue weighted by Crippen LogP contribution is -2.00. The van der Waals surface area contributed by atoms with Crippen molar-refractivity contribution in [3.8, 4) is 45.3 Å². The zero-order chi connectivity index (χ0) is 29.7. The summed E-state index contributed by atoms with van der Waals surface area (Å²) in [5, 5.41) is 6.39. The maximum atomic E-state index is 6.61. The molecule has 0 amide bonds. The third-order valence-electron chi connectivity index (χ3n) is 8.38. The van der Waals surface area contributed by atoms with Crippen molar-refractivity contribution >= 4 is 43.5 Å². The van der Waals surface area contributed by atoms with Crippen LogP contribution in [0.25, 0.3) is 88.8 Å². The molecule has 6 aromatic carbocycles. The Kier molecular flexibility index (Phi) is 5.74. The first-order chi connectivity index (χ1) is 22.3. The van der Waals surface area contributed by atoms with Crippen LogP contribution < -0.4 is 0 Å². The number of hydrogen-bond donors (Lipinski definition) is 0. The largest absolute Gasteiger partial charge is 0.455 e. The monoisotopic (exact) mass is 576 g/mol. The van der Waals surface area contributed by atoms with Crippen LogP contribution in [0.5, 0.6) is 0 Å². The Morgan fingerprint density at radius 1 is 0.378 bits per heavy atom. The van der Waals surface area contributed by atoms with Gasteiger partial charge in [-0.3, -0.25) is 4.98 Å². The number of rotatable bonds is 4. The van der Waals surface area contributed by atoms with E-state index in [1.165, 1.54) is 5.56 Å². The average molecular weight is 577 g/mol. The lowest BCUT2D eigenvalue weighted by atomic mass is 10.00. The van der Waals surface area contributed by atoms with Gasteiger partial charge in [0, 0.05) is 39.7 Å². The molecule has 0 aliphatic carbocycles. The summed E-state index contributed by atoms with van der Waals surface area (Å²) < 4.78 is 6.61. The van der Waals surface area contributed by atoms with Gasteiger partial charge in [0.1, 0.15) is 11.2 Å². The molecule has 210 valence electrons. The van der Waals surface area contributed by atoms with Crippen molar-refractivity contribution in [3.63, 3.8) is 0 Å². The summed E-state index contributed by atoms with van der Waals surface area (Å²) in [5.41, 5.74) is 6.42. The Bertz CT molecular complexity index is 2540. The minimum absolute atomic E-state index is 0.512. The van der Waals surface area contributed by atoms with Crippen molar-refractivity contribution in [3.05, 3.63) is 146 Å². The van der Waals surface area contributed by atoms with Gasteiger partial charge in [-0.2, -0.15) is 0 Å². The summed E-state index contributed by atoms with van der Waals surface area (Å²) in [5.74, 6) is 1.69. The number of nitrogens with zero attached hydrogens (tertiary/aromatic N) is 4. The fourth-order valence-corrected chi connectivity index (χ4v) is 6.11. The molecule has 0 aliphatic rings. The van der Waals surface area contributed by atoms with Crippen molar-refractivity contribution in [1.29, 1.82) is 0 Å². The van der Waals surface area contributed by atoms with Gasteiger partial charge in [0.15, 0.2) is 17.5 Å². The topological polar surface area (TPSA) is 64.7 Å². The minimum Gasteiger partial charge on any atom is -0.455 e. The molecule has 9 rings (SSSR count). The van der Waals surface area contributed by atoms with Crippen LogP contribution in [0.4, 0.5) is 0 Å². The van der Waals surface area contributed by atoms with Gasteiger partial charge >= 0.3 is 0 Å². The molecule has 0 saturated heterocycles. The fraction of sp³-hybridized carbons (Fsp3) is 0. The Morgan fingerprint density at radius 2 is 1.02 bits per heavy atom. The predicted octanol–water partition coefficient (Wildman–Crippen LogP) is 10.1. The molecule has 0 unspecified atom stereocenters. The summed E-state index contributed by atoms with van der Waals surface area (Å²) in [7, 11) is 0. The highest BCUT2D eigenvalue weighted by atomic mass is 16.3. The van der Waals surface area contributed by atoms with E-state index >= 15 is 0 Å². The molecular weight excluding hydrogens is 552 g/mol. The zero-order valence-electron chi connectivity index (χ0n) is 24.1. The Morgan fingerprint density at radius 3 is 1.84 bits per heavy atom. The lowest BCUT2D eigenvalue weighted by Gasteiger charge is -2.10. The van der Waals surface area contributed by atoms with E-state index in [0.29, 0.717) is 23.1 Å².